The van der Waals surface area contributed by atoms with Crippen molar-refractivity contribution < 1.29 is 9.53 Å². The molecule has 4 heteroatoms. The lowest BCUT2D eigenvalue weighted by molar-refractivity contribution is -0.121. The Morgan fingerprint density at radius 3 is 2.62 bits per heavy atom. The van der Waals surface area contributed by atoms with Crippen LogP contribution in [0, 0.1) is 0 Å². The summed E-state index contributed by atoms with van der Waals surface area (Å²) >= 11 is 0. The molecule has 0 saturated heterocycles. The maximum absolute atomic E-state index is 12.3. The van der Waals surface area contributed by atoms with Crippen LogP contribution in [0.1, 0.15) is 30.0 Å². The Labute approximate surface area is 143 Å². The van der Waals surface area contributed by atoms with Gasteiger partial charge in [0, 0.05) is 12.2 Å². The Hall–Kier alpha value is -2.49. The summed E-state index contributed by atoms with van der Waals surface area (Å²) in [5.41, 5.74) is 4.92. The van der Waals surface area contributed by atoms with E-state index in [0.29, 0.717) is 6.54 Å². The molecule has 0 bridgehead atoms. The summed E-state index contributed by atoms with van der Waals surface area (Å²) in [5.74, 6) is 0.808. The standard InChI is InChI=1S/C20H24N2O2/c1-14(22-18-9-8-16-4-3-5-17(16)12-18)20(23)21-13-15-6-10-19(24-2)11-7-15/h6-12,14,22H,3-5,13H2,1-2H3,(H,21,23)/t14-/m0/s1. The van der Waals surface area contributed by atoms with Crippen LogP contribution < -0.4 is 15.4 Å². The molecule has 0 spiro atoms. The van der Waals surface area contributed by atoms with Gasteiger partial charge in [0.05, 0.1) is 7.11 Å². The molecule has 0 aromatic heterocycles. The maximum Gasteiger partial charge on any atom is 0.242 e. The van der Waals surface area contributed by atoms with Gasteiger partial charge in [-0.15, -0.1) is 0 Å². The predicted octanol–water partition coefficient (Wildman–Crippen LogP) is 3.30. The van der Waals surface area contributed by atoms with Crippen LogP contribution in [0.4, 0.5) is 5.69 Å². The minimum atomic E-state index is -0.275. The summed E-state index contributed by atoms with van der Waals surface area (Å²) in [4.78, 5) is 12.3. The Balaban J connectivity index is 1.52. The molecule has 0 radical (unpaired) electrons. The average molecular weight is 324 g/mol. The first-order chi connectivity index (χ1) is 11.7. The molecule has 4 nitrogen and oxygen atoms in total. The van der Waals surface area contributed by atoms with E-state index in [1.54, 1.807) is 7.11 Å². The van der Waals surface area contributed by atoms with E-state index in [1.165, 1.54) is 24.0 Å². The first kappa shape index (κ1) is 16.4. The van der Waals surface area contributed by atoms with E-state index in [0.717, 1.165) is 23.4 Å². The van der Waals surface area contributed by atoms with Gasteiger partial charge in [0.2, 0.25) is 5.91 Å². The number of rotatable bonds is 6. The van der Waals surface area contributed by atoms with Crippen molar-refractivity contribution in [2.75, 3.05) is 12.4 Å². The number of ether oxygens (including phenoxy) is 1. The fourth-order valence-electron chi connectivity index (χ4n) is 3.06. The van der Waals surface area contributed by atoms with Crippen LogP contribution in [0.25, 0.3) is 0 Å². The van der Waals surface area contributed by atoms with Gasteiger partial charge >= 0.3 is 0 Å². The Morgan fingerprint density at radius 2 is 1.88 bits per heavy atom. The predicted molar refractivity (Wildman–Crippen MR) is 96.4 cm³/mol. The van der Waals surface area contributed by atoms with Gasteiger partial charge in [-0.3, -0.25) is 4.79 Å². The van der Waals surface area contributed by atoms with Crippen LogP contribution in [0.2, 0.25) is 0 Å². The molecule has 1 aliphatic carbocycles. The maximum atomic E-state index is 12.3. The summed E-state index contributed by atoms with van der Waals surface area (Å²) in [6.07, 6.45) is 3.55. The van der Waals surface area contributed by atoms with Crippen molar-refractivity contribution in [3.63, 3.8) is 0 Å². The third-order valence-corrected chi connectivity index (χ3v) is 4.50. The van der Waals surface area contributed by atoms with Crippen molar-refractivity contribution in [1.82, 2.24) is 5.32 Å². The summed E-state index contributed by atoms with van der Waals surface area (Å²) in [6, 6.07) is 13.8. The highest BCUT2D eigenvalue weighted by molar-refractivity contribution is 5.84. The van der Waals surface area contributed by atoms with Crippen molar-refractivity contribution in [3.05, 3.63) is 59.2 Å². The largest absolute Gasteiger partial charge is 0.497 e. The zero-order valence-electron chi connectivity index (χ0n) is 14.3. The van der Waals surface area contributed by atoms with Gasteiger partial charge in [-0.05, 0) is 67.1 Å². The second kappa shape index (κ2) is 7.39. The normalized spacial score (nSPS) is 13.9. The first-order valence-corrected chi connectivity index (χ1v) is 8.44. The lowest BCUT2D eigenvalue weighted by Crippen LogP contribution is -2.37. The molecule has 0 fully saturated rings. The summed E-state index contributed by atoms with van der Waals surface area (Å²) in [5, 5.41) is 6.26. The first-order valence-electron chi connectivity index (χ1n) is 8.44. The molecule has 1 atom stereocenters. The van der Waals surface area contributed by atoms with Crippen molar-refractivity contribution >= 4 is 11.6 Å². The van der Waals surface area contributed by atoms with Gasteiger partial charge in [-0.2, -0.15) is 0 Å². The molecule has 24 heavy (non-hydrogen) atoms. The number of amides is 1. The number of carbonyl (C=O) groups is 1. The SMILES string of the molecule is COc1ccc(CNC(=O)[C@H](C)Nc2ccc3c(c2)CCC3)cc1. The minimum absolute atomic E-state index is 0.00804. The van der Waals surface area contributed by atoms with Crippen LogP contribution >= 0.6 is 0 Å². The molecular weight excluding hydrogens is 300 g/mol. The molecule has 126 valence electrons. The van der Waals surface area contributed by atoms with Gasteiger partial charge in [-0.1, -0.05) is 18.2 Å². The number of methoxy groups -OCH3 is 1. The molecule has 1 amide bonds. The van der Waals surface area contributed by atoms with Crippen molar-refractivity contribution in [2.45, 2.75) is 38.8 Å². The fourth-order valence-corrected chi connectivity index (χ4v) is 3.06. The molecule has 1 aliphatic rings. The summed E-state index contributed by atoms with van der Waals surface area (Å²) in [6.45, 7) is 2.40. The average Bonchev–Trinajstić information content (AvgIpc) is 3.07. The van der Waals surface area contributed by atoms with Crippen LogP contribution in [0.15, 0.2) is 42.5 Å². The number of fused-ring (bicyclic) bond motifs is 1. The molecule has 0 heterocycles. The number of aryl methyl sites for hydroxylation is 2. The van der Waals surface area contributed by atoms with Gasteiger partial charge in [-0.25, -0.2) is 0 Å². The Bertz CT molecular complexity index is 710. The zero-order valence-corrected chi connectivity index (χ0v) is 14.3. The number of hydrogen-bond donors (Lipinski definition) is 2. The lowest BCUT2D eigenvalue weighted by Gasteiger charge is -2.16. The molecule has 2 aromatic rings. The third-order valence-electron chi connectivity index (χ3n) is 4.50. The third kappa shape index (κ3) is 3.88. The zero-order chi connectivity index (χ0) is 16.9. The van der Waals surface area contributed by atoms with E-state index in [1.807, 2.05) is 31.2 Å². The smallest absolute Gasteiger partial charge is 0.242 e. The summed E-state index contributed by atoms with van der Waals surface area (Å²) < 4.78 is 5.13. The van der Waals surface area contributed by atoms with Gasteiger partial charge in [0.1, 0.15) is 11.8 Å². The Kier molecular flexibility index (Phi) is 5.04. The topological polar surface area (TPSA) is 50.4 Å². The number of benzene rings is 2. The van der Waals surface area contributed by atoms with Crippen molar-refractivity contribution in [3.8, 4) is 5.75 Å². The van der Waals surface area contributed by atoms with E-state index in [-0.39, 0.29) is 11.9 Å². The summed E-state index contributed by atoms with van der Waals surface area (Å²) in [7, 11) is 1.64. The van der Waals surface area contributed by atoms with Crippen LogP contribution in [0.3, 0.4) is 0 Å². The monoisotopic (exact) mass is 324 g/mol. The van der Waals surface area contributed by atoms with Crippen molar-refractivity contribution in [1.29, 1.82) is 0 Å². The number of anilines is 1. The molecule has 3 rings (SSSR count). The van der Waals surface area contributed by atoms with E-state index in [4.69, 9.17) is 4.74 Å². The number of hydrogen-bond acceptors (Lipinski definition) is 3. The molecule has 0 saturated carbocycles. The van der Waals surface area contributed by atoms with Gasteiger partial charge < -0.3 is 15.4 Å². The van der Waals surface area contributed by atoms with Gasteiger partial charge in [0.25, 0.3) is 0 Å². The minimum Gasteiger partial charge on any atom is -0.497 e. The van der Waals surface area contributed by atoms with E-state index in [2.05, 4.69) is 28.8 Å². The van der Waals surface area contributed by atoms with E-state index >= 15 is 0 Å². The fraction of sp³-hybridized carbons (Fsp3) is 0.350. The van der Waals surface area contributed by atoms with E-state index in [9.17, 15) is 4.79 Å². The second-order valence-electron chi connectivity index (χ2n) is 6.27. The van der Waals surface area contributed by atoms with Crippen LogP contribution in [-0.4, -0.2) is 19.1 Å². The highest BCUT2D eigenvalue weighted by Gasteiger charge is 2.15. The molecule has 0 unspecified atom stereocenters. The van der Waals surface area contributed by atoms with Crippen LogP contribution in [-0.2, 0) is 24.2 Å². The Morgan fingerprint density at radius 1 is 1.12 bits per heavy atom. The number of carbonyl (C=O) groups excluding carboxylic acids is 1. The van der Waals surface area contributed by atoms with Gasteiger partial charge in [0.15, 0.2) is 0 Å². The second-order valence-corrected chi connectivity index (χ2v) is 6.27. The van der Waals surface area contributed by atoms with Crippen LogP contribution in [0.5, 0.6) is 5.75 Å². The molecule has 2 aromatic carbocycles. The quantitative estimate of drug-likeness (QED) is 0.857. The van der Waals surface area contributed by atoms with E-state index < -0.39 is 0 Å². The molecule has 2 N–H and O–H groups in total. The lowest BCUT2D eigenvalue weighted by atomic mass is 10.1. The molecular formula is C20H24N2O2. The van der Waals surface area contributed by atoms with Crippen molar-refractivity contribution in [2.24, 2.45) is 0 Å². The molecule has 0 aliphatic heterocycles. The number of nitrogens with one attached hydrogen (secondary N) is 2. The highest BCUT2D eigenvalue weighted by atomic mass is 16.5. The highest BCUT2D eigenvalue weighted by Crippen LogP contribution is 2.25.